The predicted molar refractivity (Wildman–Crippen MR) is 121 cm³/mol. The van der Waals surface area contributed by atoms with Gasteiger partial charge in [0.15, 0.2) is 0 Å². The van der Waals surface area contributed by atoms with Gasteiger partial charge in [0, 0.05) is 24.7 Å². The Balaban J connectivity index is 1.54. The molecule has 1 aliphatic heterocycles. The fourth-order valence-electron chi connectivity index (χ4n) is 3.56. The maximum Gasteiger partial charge on any atom is 0.261 e. The number of hydrazone groups is 1. The lowest BCUT2D eigenvalue weighted by atomic mass is 9.98. The van der Waals surface area contributed by atoms with Crippen LogP contribution in [0, 0.1) is 5.82 Å². The number of nitrogens with one attached hydrogen (secondary N) is 1. The number of benzene rings is 3. The molecule has 0 radical (unpaired) electrons. The van der Waals surface area contributed by atoms with E-state index in [0.717, 1.165) is 23.3 Å². The molecule has 3 aromatic carbocycles. The largest absolute Gasteiger partial charge is 0.399 e. The highest BCUT2D eigenvalue weighted by atomic mass is 32.2. The highest BCUT2D eigenvalue weighted by molar-refractivity contribution is 7.92. The number of carbonyl (C=O) groups excluding carboxylic acids is 1. The molecule has 0 aliphatic carbocycles. The zero-order valence-electron chi connectivity index (χ0n) is 17.2. The Labute approximate surface area is 185 Å². The molecular weight excluding hydrogens is 431 g/mol. The first-order chi connectivity index (χ1) is 15.2. The van der Waals surface area contributed by atoms with Crippen LogP contribution in [0.3, 0.4) is 0 Å². The Kier molecular flexibility index (Phi) is 5.67. The number of nitrogen functional groups attached to an aromatic ring is 1. The van der Waals surface area contributed by atoms with Gasteiger partial charge in [-0.1, -0.05) is 24.3 Å². The number of sulfonamides is 1. The number of nitrogens with zero attached hydrogens (tertiary/aromatic N) is 2. The molecule has 4 rings (SSSR count). The molecule has 3 aromatic rings. The molecule has 7 nitrogen and oxygen atoms in total. The van der Waals surface area contributed by atoms with Gasteiger partial charge in [-0.3, -0.25) is 9.52 Å². The van der Waals surface area contributed by atoms with Gasteiger partial charge in [0.25, 0.3) is 10.0 Å². The lowest BCUT2D eigenvalue weighted by Gasteiger charge is -2.20. The van der Waals surface area contributed by atoms with E-state index in [1.54, 1.807) is 30.3 Å². The summed E-state index contributed by atoms with van der Waals surface area (Å²) in [7, 11) is -3.84. The third kappa shape index (κ3) is 4.47. The highest BCUT2D eigenvalue weighted by Crippen LogP contribution is 2.33. The quantitative estimate of drug-likeness (QED) is 0.573. The second kappa shape index (κ2) is 8.43. The second-order valence-electron chi connectivity index (χ2n) is 7.44. The molecule has 9 heteroatoms. The van der Waals surface area contributed by atoms with Crippen LogP contribution in [0.5, 0.6) is 0 Å². The maximum absolute atomic E-state index is 13.1. The highest BCUT2D eigenvalue weighted by Gasteiger charge is 2.31. The summed E-state index contributed by atoms with van der Waals surface area (Å²) in [5.41, 5.74) is 9.23. The molecule has 0 spiro atoms. The molecule has 1 unspecified atom stereocenters. The average molecular weight is 453 g/mol. The number of amides is 1. The van der Waals surface area contributed by atoms with Gasteiger partial charge < -0.3 is 5.73 Å². The molecule has 1 aliphatic rings. The first kappa shape index (κ1) is 21.5. The minimum Gasteiger partial charge on any atom is -0.399 e. The van der Waals surface area contributed by atoms with Crippen molar-refractivity contribution < 1.29 is 17.6 Å². The molecule has 0 saturated carbocycles. The van der Waals surface area contributed by atoms with Crippen molar-refractivity contribution in [2.45, 2.75) is 24.3 Å². The molecule has 0 aromatic heterocycles. The fraction of sp³-hybridized carbons (Fsp3) is 0.130. The average Bonchev–Trinajstić information content (AvgIpc) is 3.20. The molecule has 0 fully saturated rings. The number of hydrogen-bond acceptors (Lipinski definition) is 5. The number of rotatable bonds is 5. The summed E-state index contributed by atoms with van der Waals surface area (Å²) in [6, 6.07) is 18.4. The molecule has 164 valence electrons. The van der Waals surface area contributed by atoms with E-state index in [1.807, 2.05) is 18.2 Å². The summed E-state index contributed by atoms with van der Waals surface area (Å²) in [5, 5.41) is 5.93. The zero-order chi connectivity index (χ0) is 22.9. The van der Waals surface area contributed by atoms with E-state index in [1.165, 1.54) is 24.1 Å². The second-order valence-corrected chi connectivity index (χ2v) is 9.12. The Morgan fingerprint density at radius 3 is 2.41 bits per heavy atom. The number of halogens is 1. The standard InChI is InChI=1S/C23H21FN4O3S/c1-15(29)28-23(17-3-2-4-19(25)13-17)14-22(26-28)16-5-9-20(10-6-16)27-32(30,31)21-11-7-18(24)8-12-21/h2-13,23,27H,14,25H2,1H3. The lowest BCUT2D eigenvalue weighted by molar-refractivity contribution is -0.130. The monoisotopic (exact) mass is 452 g/mol. The normalized spacial score (nSPS) is 16.0. The molecule has 1 atom stereocenters. The van der Waals surface area contributed by atoms with Crippen LogP contribution in [-0.2, 0) is 14.8 Å². The molecule has 32 heavy (non-hydrogen) atoms. The van der Waals surface area contributed by atoms with E-state index in [-0.39, 0.29) is 16.8 Å². The summed E-state index contributed by atoms with van der Waals surface area (Å²) in [4.78, 5) is 12.1. The zero-order valence-corrected chi connectivity index (χ0v) is 18.0. The van der Waals surface area contributed by atoms with Crippen molar-refractivity contribution in [2.24, 2.45) is 5.10 Å². The fourth-order valence-corrected chi connectivity index (χ4v) is 4.62. The predicted octanol–water partition coefficient (Wildman–Crippen LogP) is 3.91. The van der Waals surface area contributed by atoms with Crippen LogP contribution >= 0.6 is 0 Å². The van der Waals surface area contributed by atoms with E-state index in [4.69, 9.17) is 5.73 Å². The van der Waals surface area contributed by atoms with Crippen molar-refractivity contribution in [1.29, 1.82) is 0 Å². The van der Waals surface area contributed by atoms with E-state index in [2.05, 4.69) is 9.82 Å². The van der Waals surface area contributed by atoms with Gasteiger partial charge in [-0.25, -0.2) is 17.8 Å². The Morgan fingerprint density at radius 1 is 1.09 bits per heavy atom. The number of carbonyl (C=O) groups is 1. The van der Waals surface area contributed by atoms with Gasteiger partial charge in [-0.05, 0) is 59.7 Å². The summed E-state index contributed by atoms with van der Waals surface area (Å²) >= 11 is 0. The lowest BCUT2D eigenvalue weighted by Crippen LogP contribution is -2.24. The van der Waals surface area contributed by atoms with Crippen LogP contribution in [0.4, 0.5) is 15.8 Å². The molecule has 0 saturated heterocycles. The van der Waals surface area contributed by atoms with Crippen molar-refractivity contribution in [1.82, 2.24) is 5.01 Å². The van der Waals surface area contributed by atoms with Crippen molar-refractivity contribution in [2.75, 3.05) is 10.5 Å². The molecule has 1 amide bonds. The Bertz CT molecular complexity index is 1290. The van der Waals surface area contributed by atoms with Crippen LogP contribution in [0.1, 0.15) is 30.5 Å². The Morgan fingerprint density at radius 2 is 1.78 bits per heavy atom. The van der Waals surface area contributed by atoms with Crippen LogP contribution in [0.25, 0.3) is 0 Å². The summed E-state index contributed by atoms with van der Waals surface area (Å²) in [5.74, 6) is -0.696. The van der Waals surface area contributed by atoms with Gasteiger partial charge in [0.1, 0.15) is 5.82 Å². The smallest absolute Gasteiger partial charge is 0.261 e. The van der Waals surface area contributed by atoms with Gasteiger partial charge >= 0.3 is 0 Å². The summed E-state index contributed by atoms with van der Waals surface area (Å²) in [6.45, 7) is 1.46. The third-order valence-corrected chi connectivity index (χ3v) is 6.52. The van der Waals surface area contributed by atoms with E-state index in [0.29, 0.717) is 23.5 Å². The van der Waals surface area contributed by atoms with Gasteiger partial charge in [0.2, 0.25) is 5.91 Å². The van der Waals surface area contributed by atoms with Crippen LogP contribution in [0.2, 0.25) is 0 Å². The first-order valence-electron chi connectivity index (χ1n) is 9.84. The van der Waals surface area contributed by atoms with Crippen molar-refractivity contribution >= 4 is 33.0 Å². The van der Waals surface area contributed by atoms with Gasteiger partial charge in [-0.2, -0.15) is 5.10 Å². The minimum atomic E-state index is -3.84. The molecular formula is C23H21FN4O3S. The third-order valence-electron chi connectivity index (χ3n) is 5.12. The SMILES string of the molecule is CC(=O)N1N=C(c2ccc(NS(=O)(=O)c3ccc(F)cc3)cc2)CC1c1cccc(N)c1. The first-order valence-corrected chi connectivity index (χ1v) is 11.3. The van der Waals surface area contributed by atoms with Crippen molar-refractivity contribution in [3.8, 4) is 0 Å². The van der Waals surface area contributed by atoms with Crippen LogP contribution in [0.15, 0.2) is 82.8 Å². The van der Waals surface area contributed by atoms with Crippen molar-refractivity contribution in [3.63, 3.8) is 0 Å². The van der Waals surface area contributed by atoms with E-state index in [9.17, 15) is 17.6 Å². The minimum absolute atomic E-state index is 0.0368. The van der Waals surface area contributed by atoms with E-state index < -0.39 is 15.8 Å². The topological polar surface area (TPSA) is 105 Å². The molecule has 1 heterocycles. The number of hydrogen-bond donors (Lipinski definition) is 2. The van der Waals surface area contributed by atoms with Gasteiger partial charge in [0.05, 0.1) is 16.6 Å². The molecule has 0 bridgehead atoms. The summed E-state index contributed by atoms with van der Waals surface area (Å²) < 4.78 is 40.5. The molecule has 3 N–H and O–H groups in total. The van der Waals surface area contributed by atoms with E-state index >= 15 is 0 Å². The number of nitrogens with two attached hydrogens (primary N) is 1. The van der Waals surface area contributed by atoms with Crippen molar-refractivity contribution in [3.05, 3.63) is 89.7 Å². The Hall–Kier alpha value is -3.72. The maximum atomic E-state index is 13.1. The number of anilines is 2. The van der Waals surface area contributed by atoms with Crippen LogP contribution in [-0.4, -0.2) is 25.0 Å². The summed E-state index contributed by atoms with van der Waals surface area (Å²) in [6.07, 6.45) is 0.504. The van der Waals surface area contributed by atoms with Crippen LogP contribution < -0.4 is 10.5 Å². The van der Waals surface area contributed by atoms with Gasteiger partial charge in [-0.15, -0.1) is 0 Å².